The van der Waals surface area contributed by atoms with Gasteiger partial charge in [-0.2, -0.15) is 5.10 Å². The third-order valence-electron chi connectivity index (χ3n) is 4.94. The van der Waals surface area contributed by atoms with E-state index in [4.69, 9.17) is 20.3 Å². The van der Waals surface area contributed by atoms with E-state index in [1.54, 1.807) is 22.9 Å². The van der Waals surface area contributed by atoms with Crippen LogP contribution in [0.4, 0.5) is 16.3 Å². The Hall–Kier alpha value is -3.52. The molecule has 1 aliphatic heterocycles. The summed E-state index contributed by atoms with van der Waals surface area (Å²) in [7, 11) is 0. The first kappa shape index (κ1) is 20.7. The SMILES string of the molecule is CC(C)(C)c1cc(NC(=O)Nc2ccc3c(c2)OCO3)n(-c2cccc(CCN)c2)n1. The van der Waals surface area contributed by atoms with Gasteiger partial charge in [0.1, 0.15) is 5.82 Å². The number of urea groups is 1. The van der Waals surface area contributed by atoms with Crippen molar-refractivity contribution in [1.82, 2.24) is 9.78 Å². The van der Waals surface area contributed by atoms with Crippen LogP contribution in [-0.4, -0.2) is 29.1 Å². The second-order valence-corrected chi connectivity index (χ2v) is 8.43. The molecule has 4 rings (SSSR count). The smallest absolute Gasteiger partial charge is 0.324 e. The molecule has 0 atom stereocenters. The molecule has 3 aromatic rings. The zero-order valence-corrected chi connectivity index (χ0v) is 17.9. The fourth-order valence-electron chi connectivity index (χ4n) is 3.30. The highest BCUT2D eigenvalue weighted by molar-refractivity contribution is 5.99. The summed E-state index contributed by atoms with van der Waals surface area (Å²) in [6, 6.07) is 14.8. The van der Waals surface area contributed by atoms with Gasteiger partial charge in [0.25, 0.3) is 0 Å². The van der Waals surface area contributed by atoms with Gasteiger partial charge in [0.15, 0.2) is 11.5 Å². The Morgan fingerprint density at radius 1 is 1.10 bits per heavy atom. The third kappa shape index (κ3) is 4.64. The highest BCUT2D eigenvalue weighted by atomic mass is 16.7. The summed E-state index contributed by atoms with van der Waals surface area (Å²) < 4.78 is 12.4. The van der Waals surface area contributed by atoms with Crippen LogP contribution < -0.4 is 25.8 Å². The normalized spacial score (nSPS) is 12.6. The number of fused-ring (bicyclic) bond motifs is 1. The molecule has 31 heavy (non-hydrogen) atoms. The van der Waals surface area contributed by atoms with Crippen LogP contribution in [0.2, 0.25) is 0 Å². The maximum absolute atomic E-state index is 12.7. The number of carbonyl (C=O) groups excluding carboxylic acids is 1. The van der Waals surface area contributed by atoms with Gasteiger partial charge in [-0.3, -0.25) is 5.32 Å². The van der Waals surface area contributed by atoms with Gasteiger partial charge in [0.05, 0.1) is 11.4 Å². The van der Waals surface area contributed by atoms with Crippen molar-refractivity contribution in [1.29, 1.82) is 0 Å². The number of anilines is 2. The third-order valence-corrected chi connectivity index (χ3v) is 4.94. The Kier molecular flexibility index (Phi) is 5.56. The fraction of sp³-hybridized carbons (Fsp3) is 0.304. The predicted molar refractivity (Wildman–Crippen MR) is 120 cm³/mol. The van der Waals surface area contributed by atoms with E-state index in [-0.39, 0.29) is 18.2 Å². The molecule has 0 spiro atoms. The van der Waals surface area contributed by atoms with Gasteiger partial charge in [0, 0.05) is 23.2 Å². The van der Waals surface area contributed by atoms with E-state index in [1.165, 1.54) is 0 Å². The number of hydrogen-bond acceptors (Lipinski definition) is 5. The monoisotopic (exact) mass is 421 g/mol. The van der Waals surface area contributed by atoms with Crippen LogP contribution in [-0.2, 0) is 11.8 Å². The molecule has 0 fully saturated rings. The van der Waals surface area contributed by atoms with E-state index < -0.39 is 0 Å². The van der Waals surface area contributed by atoms with E-state index in [2.05, 4.69) is 31.4 Å². The Bertz CT molecular complexity index is 1100. The lowest BCUT2D eigenvalue weighted by atomic mass is 9.92. The van der Waals surface area contributed by atoms with Crippen molar-refractivity contribution >= 4 is 17.5 Å². The highest BCUT2D eigenvalue weighted by Crippen LogP contribution is 2.34. The number of nitrogens with zero attached hydrogens (tertiary/aromatic N) is 2. The quantitative estimate of drug-likeness (QED) is 0.577. The zero-order chi connectivity index (χ0) is 22.0. The molecule has 0 bridgehead atoms. The Morgan fingerprint density at radius 3 is 2.68 bits per heavy atom. The van der Waals surface area contributed by atoms with E-state index in [0.29, 0.717) is 29.5 Å². The van der Waals surface area contributed by atoms with Crippen molar-refractivity contribution in [2.45, 2.75) is 32.6 Å². The van der Waals surface area contributed by atoms with E-state index in [1.807, 2.05) is 30.3 Å². The van der Waals surface area contributed by atoms with Crippen molar-refractivity contribution in [3.8, 4) is 17.2 Å². The maximum atomic E-state index is 12.7. The number of carbonyl (C=O) groups is 1. The lowest BCUT2D eigenvalue weighted by Crippen LogP contribution is -2.21. The molecule has 8 heteroatoms. The second kappa shape index (κ2) is 8.31. The van der Waals surface area contributed by atoms with Crippen molar-refractivity contribution < 1.29 is 14.3 Å². The average molecular weight is 422 g/mol. The van der Waals surface area contributed by atoms with Crippen LogP contribution in [0.25, 0.3) is 5.69 Å². The van der Waals surface area contributed by atoms with Crippen molar-refractivity contribution in [3.05, 3.63) is 59.8 Å². The molecule has 2 heterocycles. The van der Waals surface area contributed by atoms with Gasteiger partial charge in [-0.1, -0.05) is 32.9 Å². The molecule has 162 valence electrons. The van der Waals surface area contributed by atoms with Crippen molar-refractivity contribution in [2.75, 3.05) is 24.0 Å². The molecule has 0 aliphatic carbocycles. The molecule has 4 N–H and O–H groups in total. The molecule has 0 unspecified atom stereocenters. The first-order valence-corrected chi connectivity index (χ1v) is 10.2. The van der Waals surface area contributed by atoms with Crippen LogP contribution in [0.1, 0.15) is 32.0 Å². The molecular weight excluding hydrogens is 394 g/mol. The lowest BCUT2D eigenvalue weighted by Gasteiger charge is -2.14. The fourth-order valence-corrected chi connectivity index (χ4v) is 3.30. The topological polar surface area (TPSA) is 103 Å². The molecule has 0 saturated heterocycles. The van der Waals surface area contributed by atoms with E-state index in [0.717, 1.165) is 23.4 Å². The summed E-state index contributed by atoms with van der Waals surface area (Å²) >= 11 is 0. The van der Waals surface area contributed by atoms with Gasteiger partial charge in [-0.05, 0) is 42.8 Å². The summed E-state index contributed by atoms with van der Waals surface area (Å²) in [4.78, 5) is 12.7. The summed E-state index contributed by atoms with van der Waals surface area (Å²) in [6.07, 6.45) is 0.772. The van der Waals surface area contributed by atoms with Gasteiger partial charge < -0.3 is 20.5 Å². The van der Waals surface area contributed by atoms with Gasteiger partial charge in [-0.15, -0.1) is 0 Å². The standard InChI is InChI=1S/C23H27N5O3/c1-23(2,3)20-13-21(28(27-20)17-6-4-5-15(11-17)9-10-24)26-22(29)25-16-7-8-18-19(12-16)31-14-30-18/h4-8,11-13H,9-10,14,24H2,1-3H3,(H2,25,26,29). The molecule has 0 saturated carbocycles. The van der Waals surface area contributed by atoms with Gasteiger partial charge in [-0.25, -0.2) is 9.48 Å². The average Bonchev–Trinajstić information content (AvgIpc) is 3.35. The molecule has 1 aliphatic rings. The number of rotatable bonds is 5. The van der Waals surface area contributed by atoms with Crippen LogP contribution in [0.3, 0.4) is 0 Å². The van der Waals surface area contributed by atoms with Crippen molar-refractivity contribution in [2.24, 2.45) is 5.73 Å². The lowest BCUT2D eigenvalue weighted by molar-refractivity contribution is 0.174. The molecule has 1 aromatic heterocycles. The van der Waals surface area contributed by atoms with Crippen LogP contribution in [0.15, 0.2) is 48.5 Å². The Morgan fingerprint density at radius 2 is 1.90 bits per heavy atom. The number of nitrogens with two attached hydrogens (primary N) is 1. The Balaban J connectivity index is 1.60. The molecule has 2 aromatic carbocycles. The largest absolute Gasteiger partial charge is 0.454 e. The minimum absolute atomic E-state index is 0.176. The number of hydrogen-bond donors (Lipinski definition) is 3. The summed E-state index contributed by atoms with van der Waals surface area (Å²) in [5.74, 6) is 1.85. The Labute approximate surface area is 181 Å². The number of benzene rings is 2. The van der Waals surface area contributed by atoms with E-state index >= 15 is 0 Å². The van der Waals surface area contributed by atoms with Crippen molar-refractivity contribution in [3.63, 3.8) is 0 Å². The minimum Gasteiger partial charge on any atom is -0.454 e. The van der Waals surface area contributed by atoms with Crippen LogP contribution in [0, 0.1) is 0 Å². The highest BCUT2D eigenvalue weighted by Gasteiger charge is 2.22. The molecule has 2 amide bonds. The predicted octanol–water partition coefficient (Wildman–Crippen LogP) is 4.04. The van der Waals surface area contributed by atoms with Crippen LogP contribution in [0.5, 0.6) is 11.5 Å². The molecular formula is C23H27N5O3. The molecule has 0 radical (unpaired) electrons. The zero-order valence-electron chi connectivity index (χ0n) is 17.9. The van der Waals surface area contributed by atoms with Gasteiger partial charge in [0.2, 0.25) is 6.79 Å². The first-order chi connectivity index (χ1) is 14.8. The van der Waals surface area contributed by atoms with Gasteiger partial charge >= 0.3 is 6.03 Å². The maximum Gasteiger partial charge on any atom is 0.324 e. The summed E-state index contributed by atoms with van der Waals surface area (Å²) in [5.41, 5.74) is 8.98. The summed E-state index contributed by atoms with van der Waals surface area (Å²) in [5, 5.41) is 10.5. The first-order valence-electron chi connectivity index (χ1n) is 10.2. The van der Waals surface area contributed by atoms with E-state index in [9.17, 15) is 4.79 Å². The second-order valence-electron chi connectivity index (χ2n) is 8.43. The number of ether oxygens (including phenoxy) is 2. The number of amides is 2. The molecule has 8 nitrogen and oxygen atoms in total. The van der Waals surface area contributed by atoms with Crippen LogP contribution >= 0.6 is 0 Å². The number of aromatic nitrogens is 2. The minimum atomic E-state index is -0.376. The number of nitrogens with one attached hydrogen (secondary N) is 2. The summed E-state index contributed by atoms with van der Waals surface area (Å²) in [6.45, 7) is 7.00.